The Morgan fingerprint density at radius 3 is 2.62 bits per heavy atom. The Kier molecular flexibility index (Phi) is 7.31. The summed E-state index contributed by atoms with van der Waals surface area (Å²) in [6, 6.07) is 11.9. The van der Waals surface area contributed by atoms with Gasteiger partial charge in [0.25, 0.3) is 5.56 Å². The first kappa shape index (κ1) is 21.4. The Bertz CT molecular complexity index is 1060. The van der Waals surface area contributed by atoms with Crippen LogP contribution in [0.2, 0.25) is 0 Å². The van der Waals surface area contributed by atoms with E-state index >= 15 is 0 Å². The molecule has 0 saturated carbocycles. The van der Waals surface area contributed by atoms with Gasteiger partial charge in [-0.1, -0.05) is 68.6 Å². The predicted molar refractivity (Wildman–Crippen MR) is 122 cm³/mol. The van der Waals surface area contributed by atoms with E-state index in [-0.39, 0.29) is 23.3 Å². The molecule has 3 rings (SSSR count). The number of fused-ring (bicyclic) bond motifs is 2. The summed E-state index contributed by atoms with van der Waals surface area (Å²) >= 11 is 1.30. The van der Waals surface area contributed by atoms with Gasteiger partial charge in [-0.3, -0.25) is 14.2 Å². The van der Waals surface area contributed by atoms with Gasteiger partial charge in [-0.15, -0.1) is 0 Å². The molecule has 1 heterocycles. The van der Waals surface area contributed by atoms with E-state index in [1.54, 1.807) is 7.05 Å². The highest BCUT2D eigenvalue weighted by molar-refractivity contribution is 7.99. The van der Waals surface area contributed by atoms with Crippen LogP contribution in [0.15, 0.2) is 46.3 Å². The summed E-state index contributed by atoms with van der Waals surface area (Å²) in [7, 11) is 1.71. The molecule has 6 heteroatoms. The van der Waals surface area contributed by atoms with Crippen molar-refractivity contribution in [1.29, 1.82) is 0 Å². The lowest BCUT2D eigenvalue weighted by Crippen LogP contribution is -2.34. The second-order valence-electron chi connectivity index (χ2n) is 7.58. The van der Waals surface area contributed by atoms with E-state index < -0.39 is 0 Å². The van der Waals surface area contributed by atoms with E-state index in [9.17, 15) is 9.59 Å². The molecular formula is C23H29N3O2S. The van der Waals surface area contributed by atoms with Crippen LogP contribution < -0.4 is 10.9 Å². The first-order valence-corrected chi connectivity index (χ1v) is 11.3. The lowest BCUT2D eigenvalue weighted by atomic mass is 10.1. The van der Waals surface area contributed by atoms with Crippen LogP contribution >= 0.6 is 11.8 Å². The van der Waals surface area contributed by atoms with Gasteiger partial charge < -0.3 is 5.32 Å². The molecule has 0 saturated heterocycles. The average Bonchev–Trinajstić information content (AvgIpc) is 2.71. The van der Waals surface area contributed by atoms with Crippen molar-refractivity contribution in [3.8, 4) is 0 Å². The normalized spacial score (nSPS) is 12.4. The van der Waals surface area contributed by atoms with Gasteiger partial charge in [0.15, 0.2) is 5.16 Å². The number of nitrogens with zero attached hydrogens (tertiary/aromatic N) is 2. The van der Waals surface area contributed by atoms with Gasteiger partial charge in [-0.05, 0) is 36.2 Å². The van der Waals surface area contributed by atoms with Crippen LogP contribution in [-0.4, -0.2) is 27.3 Å². The fourth-order valence-corrected chi connectivity index (χ4v) is 4.25. The molecule has 29 heavy (non-hydrogen) atoms. The van der Waals surface area contributed by atoms with E-state index in [4.69, 9.17) is 0 Å². The monoisotopic (exact) mass is 411 g/mol. The van der Waals surface area contributed by atoms with Crippen LogP contribution in [0.3, 0.4) is 0 Å². The number of amides is 1. The summed E-state index contributed by atoms with van der Waals surface area (Å²) in [4.78, 5) is 29.8. The van der Waals surface area contributed by atoms with Crippen molar-refractivity contribution in [3.05, 3.63) is 46.8 Å². The zero-order valence-electron chi connectivity index (χ0n) is 17.4. The highest BCUT2D eigenvalue weighted by Gasteiger charge is 2.13. The molecule has 0 fully saturated rings. The largest absolute Gasteiger partial charge is 0.353 e. The third kappa shape index (κ3) is 5.38. The van der Waals surface area contributed by atoms with E-state index in [2.05, 4.69) is 17.2 Å². The SMILES string of the molecule is CCCCCC[C@@H](C)NC(=O)CSc1nc2cc3ccccc3cc2c(=O)n1C. The quantitative estimate of drug-likeness (QED) is 0.241. The number of thioether (sulfide) groups is 1. The van der Waals surface area contributed by atoms with Crippen LogP contribution in [0.4, 0.5) is 0 Å². The maximum atomic E-state index is 12.8. The molecule has 0 aliphatic rings. The van der Waals surface area contributed by atoms with E-state index in [0.717, 1.165) is 23.6 Å². The smallest absolute Gasteiger partial charge is 0.261 e. The van der Waals surface area contributed by atoms with Gasteiger partial charge in [0.05, 0.1) is 16.7 Å². The molecule has 0 spiro atoms. The number of hydrogen-bond acceptors (Lipinski definition) is 4. The molecule has 3 aromatic rings. The van der Waals surface area contributed by atoms with Gasteiger partial charge in [0.2, 0.25) is 5.91 Å². The molecule has 154 valence electrons. The summed E-state index contributed by atoms with van der Waals surface area (Å²) in [6.07, 6.45) is 5.80. The third-order valence-electron chi connectivity index (χ3n) is 5.13. The molecule has 0 unspecified atom stereocenters. The summed E-state index contributed by atoms with van der Waals surface area (Å²) in [5, 5.41) is 6.27. The minimum absolute atomic E-state index is 0.0224. The van der Waals surface area contributed by atoms with Crippen molar-refractivity contribution in [2.75, 3.05) is 5.75 Å². The zero-order chi connectivity index (χ0) is 20.8. The second-order valence-corrected chi connectivity index (χ2v) is 8.52. The number of unbranched alkanes of at least 4 members (excludes halogenated alkanes) is 3. The number of hydrogen-bond donors (Lipinski definition) is 1. The molecule has 1 amide bonds. The van der Waals surface area contributed by atoms with Crippen molar-refractivity contribution in [1.82, 2.24) is 14.9 Å². The first-order valence-electron chi connectivity index (χ1n) is 10.3. The predicted octanol–water partition coefficient (Wildman–Crippen LogP) is 4.65. The zero-order valence-corrected chi connectivity index (χ0v) is 18.2. The second kappa shape index (κ2) is 9.92. The molecule has 0 radical (unpaired) electrons. The van der Waals surface area contributed by atoms with E-state index in [0.29, 0.717) is 16.1 Å². The van der Waals surface area contributed by atoms with Crippen LogP contribution in [0.1, 0.15) is 46.0 Å². The summed E-state index contributed by atoms with van der Waals surface area (Å²) in [5.74, 6) is 0.226. The number of carbonyl (C=O) groups excluding carboxylic acids is 1. The lowest BCUT2D eigenvalue weighted by Gasteiger charge is -2.14. The molecule has 2 aromatic carbocycles. The Balaban J connectivity index is 1.68. The average molecular weight is 412 g/mol. The molecular weight excluding hydrogens is 382 g/mol. The molecule has 1 atom stereocenters. The number of rotatable bonds is 9. The molecule has 0 bridgehead atoms. The Labute approximate surface area is 175 Å². The maximum absolute atomic E-state index is 12.8. The number of nitrogens with one attached hydrogen (secondary N) is 1. The van der Waals surface area contributed by atoms with Gasteiger partial charge in [0, 0.05) is 13.1 Å². The van der Waals surface area contributed by atoms with E-state index in [1.165, 1.54) is 35.6 Å². The maximum Gasteiger partial charge on any atom is 0.261 e. The fourth-order valence-electron chi connectivity index (χ4n) is 3.46. The Morgan fingerprint density at radius 1 is 1.17 bits per heavy atom. The third-order valence-corrected chi connectivity index (χ3v) is 6.16. The van der Waals surface area contributed by atoms with Crippen molar-refractivity contribution < 1.29 is 4.79 Å². The number of aromatic nitrogens is 2. The van der Waals surface area contributed by atoms with Gasteiger partial charge in [-0.25, -0.2) is 4.98 Å². The molecule has 0 aliphatic heterocycles. The summed E-state index contributed by atoms with van der Waals surface area (Å²) in [6.45, 7) is 4.24. The van der Waals surface area contributed by atoms with Crippen LogP contribution in [-0.2, 0) is 11.8 Å². The van der Waals surface area contributed by atoms with Crippen molar-refractivity contribution in [3.63, 3.8) is 0 Å². The van der Waals surface area contributed by atoms with Crippen LogP contribution in [0.25, 0.3) is 21.7 Å². The molecule has 1 aromatic heterocycles. The highest BCUT2D eigenvalue weighted by atomic mass is 32.2. The van der Waals surface area contributed by atoms with Crippen molar-refractivity contribution in [2.45, 2.75) is 57.1 Å². The summed E-state index contributed by atoms with van der Waals surface area (Å²) in [5.41, 5.74) is 0.576. The Morgan fingerprint density at radius 2 is 1.90 bits per heavy atom. The molecule has 1 N–H and O–H groups in total. The Hall–Kier alpha value is -2.34. The topological polar surface area (TPSA) is 64.0 Å². The lowest BCUT2D eigenvalue weighted by molar-refractivity contribution is -0.119. The summed E-state index contributed by atoms with van der Waals surface area (Å²) < 4.78 is 1.53. The molecule has 5 nitrogen and oxygen atoms in total. The van der Waals surface area contributed by atoms with Crippen LogP contribution in [0, 0.1) is 0 Å². The number of benzene rings is 2. The number of carbonyl (C=O) groups is 1. The minimum atomic E-state index is -0.0899. The first-order chi connectivity index (χ1) is 14.0. The minimum Gasteiger partial charge on any atom is -0.353 e. The van der Waals surface area contributed by atoms with Crippen LogP contribution in [0.5, 0.6) is 0 Å². The van der Waals surface area contributed by atoms with Gasteiger partial charge in [0.1, 0.15) is 0 Å². The highest BCUT2D eigenvalue weighted by Crippen LogP contribution is 2.22. The van der Waals surface area contributed by atoms with Gasteiger partial charge in [-0.2, -0.15) is 0 Å². The van der Waals surface area contributed by atoms with Crippen molar-refractivity contribution >= 4 is 39.3 Å². The van der Waals surface area contributed by atoms with Gasteiger partial charge >= 0.3 is 0 Å². The molecule has 0 aliphatic carbocycles. The van der Waals surface area contributed by atoms with E-state index in [1.807, 2.05) is 43.3 Å². The standard InChI is InChI=1S/C23H29N3O2S/c1-4-5-6-7-10-16(2)24-21(27)15-29-23-25-20-14-18-12-9-8-11-17(18)13-19(20)22(28)26(23)3/h8-9,11-14,16H,4-7,10,15H2,1-3H3,(H,24,27)/t16-/m1/s1. The van der Waals surface area contributed by atoms with Crippen molar-refractivity contribution in [2.24, 2.45) is 7.05 Å². The fraction of sp³-hybridized carbons (Fsp3) is 0.435.